The summed E-state index contributed by atoms with van der Waals surface area (Å²) in [5, 5.41) is 4.58. The van der Waals surface area contributed by atoms with E-state index in [1.165, 1.54) is 0 Å². The summed E-state index contributed by atoms with van der Waals surface area (Å²) in [6, 6.07) is 3.77. The lowest BCUT2D eigenvalue weighted by atomic mass is 10.2. The molecule has 0 aromatic heterocycles. The topological polar surface area (TPSA) is 12.0 Å². The third kappa shape index (κ3) is 2.78. The maximum absolute atomic E-state index is 6.14. The van der Waals surface area contributed by atoms with Crippen molar-refractivity contribution in [1.29, 1.82) is 0 Å². The molecule has 13 heavy (non-hydrogen) atoms. The van der Waals surface area contributed by atoms with E-state index in [-0.39, 0.29) is 0 Å². The molecule has 1 aromatic rings. The van der Waals surface area contributed by atoms with Crippen molar-refractivity contribution in [3.63, 3.8) is 0 Å². The molecule has 0 aliphatic carbocycles. The van der Waals surface area contributed by atoms with Crippen molar-refractivity contribution in [3.8, 4) is 0 Å². The van der Waals surface area contributed by atoms with Gasteiger partial charge in [0.25, 0.3) is 0 Å². The molecule has 0 radical (unpaired) electrons. The average molecular weight is 236 g/mol. The highest BCUT2D eigenvalue weighted by molar-refractivity contribution is 7.98. The van der Waals surface area contributed by atoms with Crippen LogP contribution in [0.15, 0.2) is 17.0 Å². The first-order chi connectivity index (χ1) is 6.19. The van der Waals surface area contributed by atoms with Crippen LogP contribution in [0.2, 0.25) is 10.0 Å². The normalized spacial score (nSPS) is 10.5. The second kappa shape index (κ2) is 5.11. The molecule has 1 N–H and O–H groups in total. The van der Waals surface area contributed by atoms with E-state index in [0.717, 1.165) is 27.0 Å². The van der Waals surface area contributed by atoms with Gasteiger partial charge in [-0.25, -0.2) is 0 Å². The molecule has 0 heterocycles. The van der Waals surface area contributed by atoms with E-state index in [0.29, 0.717) is 0 Å². The SMILES string of the molecule is CNCc1cc(Cl)cc(SC)c1Cl. The van der Waals surface area contributed by atoms with Crippen molar-refractivity contribution in [2.45, 2.75) is 11.4 Å². The summed E-state index contributed by atoms with van der Waals surface area (Å²) in [6.45, 7) is 0.743. The molecule has 72 valence electrons. The summed E-state index contributed by atoms with van der Waals surface area (Å²) in [7, 11) is 1.88. The molecule has 0 aliphatic rings. The number of benzene rings is 1. The van der Waals surface area contributed by atoms with E-state index in [9.17, 15) is 0 Å². The van der Waals surface area contributed by atoms with Crippen molar-refractivity contribution in [1.82, 2.24) is 5.32 Å². The van der Waals surface area contributed by atoms with E-state index in [1.807, 2.05) is 25.4 Å². The maximum Gasteiger partial charge on any atom is 0.0587 e. The van der Waals surface area contributed by atoms with Crippen LogP contribution in [-0.2, 0) is 6.54 Å². The van der Waals surface area contributed by atoms with Crippen LogP contribution in [0, 0.1) is 0 Å². The second-order valence-electron chi connectivity index (χ2n) is 2.61. The second-order valence-corrected chi connectivity index (χ2v) is 4.27. The Balaban J connectivity index is 3.11. The van der Waals surface area contributed by atoms with Gasteiger partial charge in [-0.15, -0.1) is 11.8 Å². The molecule has 0 saturated heterocycles. The Labute approximate surface area is 92.8 Å². The summed E-state index contributed by atoms with van der Waals surface area (Å²) in [4.78, 5) is 1.03. The van der Waals surface area contributed by atoms with Gasteiger partial charge in [0.1, 0.15) is 0 Å². The van der Waals surface area contributed by atoms with E-state index in [1.54, 1.807) is 11.8 Å². The molecule has 1 rings (SSSR count). The lowest BCUT2D eigenvalue weighted by Crippen LogP contribution is -2.05. The number of thioether (sulfide) groups is 1. The highest BCUT2D eigenvalue weighted by atomic mass is 35.5. The third-order valence-corrected chi connectivity index (χ3v) is 3.20. The van der Waals surface area contributed by atoms with Crippen molar-refractivity contribution in [3.05, 3.63) is 27.7 Å². The molecule has 0 aliphatic heterocycles. The van der Waals surface area contributed by atoms with Crippen LogP contribution in [0.5, 0.6) is 0 Å². The molecule has 0 spiro atoms. The Kier molecular flexibility index (Phi) is 4.39. The van der Waals surface area contributed by atoms with Crippen molar-refractivity contribution in [2.24, 2.45) is 0 Å². The van der Waals surface area contributed by atoms with Gasteiger partial charge < -0.3 is 5.32 Å². The van der Waals surface area contributed by atoms with Gasteiger partial charge in [-0.1, -0.05) is 23.2 Å². The summed E-state index contributed by atoms with van der Waals surface area (Å²) in [5.41, 5.74) is 1.04. The molecule has 0 saturated carbocycles. The van der Waals surface area contributed by atoms with Crippen LogP contribution >= 0.6 is 35.0 Å². The van der Waals surface area contributed by atoms with Gasteiger partial charge in [0.05, 0.1) is 5.02 Å². The predicted molar refractivity (Wildman–Crippen MR) is 61.0 cm³/mol. The van der Waals surface area contributed by atoms with Gasteiger partial charge in [-0.05, 0) is 31.0 Å². The Morgan fingerprint density at radius 3 is 2.62 bits per heavy atom. The largest absolute Gasteiger partial charge is 0.316 e. The van der Waals surface area contributed by atoms with E-state index in [4.69, 9.17) is 23.2 Å². The first kappa shape index (κ1) is 11.2. The third-order valence-electron chi connectivity index (χ3n) is 1.67. The Morgan fingerprint density at radius 1 is 1.38 bits per heavy atom. The van der Waals surface area contributed by atoms with Gasteiger partial charge in [0, 0.05) is 16.5 Å². The van der Waals surface area contributed by atoms with Crippen molar-refractivity contribution < 1.29 is 0 Å². The van der Waals surface area contributed by atoms with Gasteiger partial charge >= 0.3 is 0 Å². The molecule has 1 aromatic carbocycles. The minimum absolute atomic E-state index is 0.735. The molecule has 0 atom stereocenters. The van der Waals surface area contributed by atoms with Crippen LogP contribution in [-0.4, -0.2) is 13.3 Å². The fraction of sp³-hybridized carbons (Fsp3) is 0.333. The zero-order valence-corrected chi connectivity index (χ0v) is 9.85. The smallest absolute Gasteiger partial charge is 0.0587 e. The Bertz CT molecular complexity index is 302. The van der Waals surface area contributed by atoms with Crippen LogP contribution in [0.3, 0.4) is 0 Å². The van der Waals surface area contributed by atoms with Crippen molar-refractivity contribution >= 4 is 35.0 Å². The number of nitrogens with one attached hydrogen (secondary N) is 1. The molecule has 0 fully saturated rings. The number of rotatable bonds is 3. The van der Waals surface area contributed by atoms with Gasteiger partial charge in [0.15, 0.2) is 0 Å². The standard InChI is InChI=1S/C9H11Cl2NS/c1-12-5-6-3-7(10)4-8(13-2)9(6)11/h3-4,12H,5H2,1-2H3. The number of halogens is 2. The molecule has 1 nitrogen and oxygen atoms in total. The van der Waals surface area contributed by atoms with Gasteiger partial charge in [-0.3, -0.25) is 0 Å². The summed E-state index contributed by atoms with van der Waals surface area (Å²) < 4.78 is 0. The molecule has 0 bridgehead atoms. The zero-order valence-electron chi connectivity index (χ0n) is 7.53. The van der Waals surface area contributed by atoms with Crippen LogP contribution < -0.4 is 5.32 Å². The summed E-state index contributed by atoms with van der Waals surface area (Å²) in [6.07, 6.45) is 1.99. The Hall–Kier alpha value is 0.110. The van der Waals surface area contributed by atoms with Crippen LogP contribution in [0.25, 0.3) is 0 Å². The lowest BCUT2D eigenvalue weighted by Gasteiger charge is -2.08. The van der Waals surface area contributed by atoms with Gasteiger partial charge in [0.2, 0.25) is 0 Å². The van der Waals surface area contributed by atoms with E-state index in [2.05, 4.69) is 5.32 Å². The quantitative estimate of drug-likeness (QED) is 0.807. The first-order valence-corrected chi connectivity index (χ1v) is 5.83. The first-order valence-electron chi connectivity index (χ1n) is 3.85. The lowest BCUT2D eigenvalue weighted by molar-refractivity contribution is 0.816. The molecule has 0 amide bonds. The highest BCUT2D eigenvalue weighted by Crippen LogP contribution is 2.31. The van der Waals surface area contributed by atoms with Crippen LogP contribution in [0.1, 0.15) is 5.56 Å². The van der Waals surface area contributed by atoms with E-state index < -0.39 is 0 Å². The minimum atomic E-state index is 0.735. The highest BCUT2D eigenvalue weighted by Gasteiger charge is 2.06. The maximum atomic E-state index is 6.14. The van der Waals surface area contributed by atoms with Gasteiger partial charge in [-0.2, -0.15) is 0 Å². The molecule has 0 unspecified atom stereocenters. The average Bonchev–Trinajstić information content (AvgIpc) is 2.11. The predicted octanol–water partition coefficient (Wildman–Crippen LogP) is 3.43. The number of hydrogen-bond acceptors (Lipinski definition) is 2. The molecular weight excluding hydrogens is 225 g/mol. The zero-order chi connectivity index (χ0) is 9.84. The fourth-order valence-corrected chi connectivity index (χ4v) is 2.35. The Morgan fingerprint density at radius 2 is 2.08 bits per heavy atom. The minimum Gasteiger partial charge on any atom is -0.316 e. The van der Waals surface area contributed by atoms with Crippen LogP contribution in [0.4, 0.5) is 0 Å². The number of hydrogen-bond donors (Lipinski definition) is 1. The summed E-state index contributed by atoms with van der Waals surface area (Å²) in [5.74, 6) is 0. The monoisotopic (exact) mass is 235 g/mol. The molecule has 4 heteroatoms. The van der Waals surface area contributed by atoms with E-state index >= 15 is 0 Å². The molecular formula is C9H11Cl2NS. The fourth-order valence-electron chi connectivity index (χ4n) is 1.09. The van der Waals surface area contributed by atoms with Crippen molar-refractivity contribution in [2.75, 3.05) is 13.3 Å². The summed E-state index contributed by atoms with van der Waals surface area (Å²) >= 11 is 13.7.